The van der Waals surface area contributed by atoms with Gasteiger partial charge in [0, 0.05) is 25.1 Å². The second-order valence-corrected chi connectivity index (χ2v) is 4.60. The molecular weight excluding hydrogens is 252 g/mol. The average molecular weight is 268 g/mol. The summed E-state index contributed by atoms with van der Waals surface area (Å²) in [6.07, 6.45) is 5.41. The summed E-state index contributed by atoms with van der Waals surface area (Å²) in [7, 11) is 1.97. The number of para-hydroxylation sites is 1. The van der Waals surface area contributed by atoms with Gasteiger partial charge in [-0.3, -0.25) is 0 Å². The molecule has 0 atom stereocenters. The Morgan fingerprint density at radius 3 is 2.85 bits per heavy atom. The molecule has 2 heterocycles. The molecule has 0 bridgehead atoms. The maximum Gasteiger partial charge on any atom is 0.180 e. The number of nitrogens with two attached hydrogens (primary N) is 1. The molecule has 20 heavy (non-hydrogen) atoms. The van der Waals surface area contributed by atoms with Crippen LogP contribution in [0, 0.1) is 6.92 Å². The number of nitrogens with one attached hydrogen (secondary N) is 1. The summed E-state index contributed by atoms with van der Waals surface area (Å²) in [5.74, 6) is 6.82. The molecule has 0 aliphatic rings. The number of anilines is 3. The van der Waals surface area contributed by atoms with Crippen molar-refractivity contribution in [3.8, 4) is 0 Å². The number of rotatable bonds is 3. The zero-order chi connectivity index (χ0) is 14.1. The Morgan fingerprint density at radius 2 is 2.10 bits per heavy atom. The Balaban J connectivity index is 2.18. The average Bonchev–Trinajstić information content (AvgIpc) is 2.94. The minimum atomic E-state index is 0.589. The van der Waals surface area contributed by atoms with Gasteiger partial charge < -0.3 is 14.7 Å². The fourth-order valence-corrected chi connectivity index (χ4v) is 2.26. The molecule has 1 aromatic carbocycles. The van der Waals surface area contributed by atoms with Gasteiger partial charge in [0.1, 0.15) is 0 Å². The number of benzene rings is 1. The second-order valence-electron chi connectivity index (χ2n) is 4.60. The van der Waals surface area contributed by atoms with Gasteiger partial charge in [-0.25, -0.2) is 15.8 Å². The van der Waals surface area contributed by atoms with E-state index >= 15 is 0 Å². The summed E-state index contributed by atoms with van der Waals surface area (Å²) >= 11 is 0. The molecule has 2 aromatic heterocycles. The van der Waals surface area contributed by atoms with Crippen molar-refractivity contribution in [3.63, 3.8) is 0 Å². The van der Waals surface area contributed by atoms with E-state index in [9.17, 15) is 0 Å². The summed E-state index contributed by atoms with van der Waals surface area (Å²) in [5.41, 5.74) is 5.63. The Labute approximate surface area is 116 Å². The summed E-state index contributed by atoms with van der Waals surface area (Å²) in [4.78, 5) is 10.9. The van der Waals surface area contributed by atoms with Gasteiger partial charge in [0.05, 0.1) is 6.20 Å². The SMILES string of the molecule is Cc1ccccc1N(C)c1nc(NN)cn2ccnc12. The maximum absolute atomic E-state index is 5.48. The predicted molar refractivity (Wildman–Crippen MR) is 80.0 cm³/mol. The highest BCUT2D eigenvalue weighted by Gasteiger charge is 2.14. The summed E-state index contributed by atoms with van der Waals surface area (Å²) < 4.78 is 1.90. The quantitative estimate of drug-likeness (QED) is 0.562. The molecule has 0 amide bonds. The molecule has 0 aliphatic carbocycles. The smallest absolute Gasteiger partial charge is 0.180 e. The highest BCUT2D eigenvalue weighted by Crippen LogP contribution is 2.28. The Hall–Kier alpha value is -2.60. The molecule has 0 radical (unpaired) electrons. The monoisotopic (exact) mass is 268 g/mol. The van der Waals surface area contributed by atoms with Gasteiger partial charge in [0.25, 0.3) is 0 Å². The lowest BCUT2D eigenvalue weighted by Gasteiger charge is -2.21. The van der Waals surface area contributed by atoms with Gasteiger partial charge in [-0.15, -0.1) is 0 Å². The Bertz CT molecular complexity index is 748. The zero-order valence-corrected chi connectivity index (χ0v) is 11.4. The molecule has 0 saturated heterocycles. The van der Waals surface area contributed by atoms with Gasteiger partial charge in [-0.1, -0.05) is 18.2 Å². The van der Waals surface area contributed by atoms with E-state index in [-0.39, 0.29) is 0 Å². The normalized spacial score (nSPS) is 10.8. The van der Waals surface area contributed by atoms with Crippen molar-refractivity contribution < 1.29 is 0 Å². The van der Waals surface area contributed by atoms with Crippen LogP contribution in [0.15, 0.2) is 42.9 Å². The third kappa shape index (κ3) is 1.96. The van der Waals surface area contributed by atoms with Gasteiger partial charge in [0.15, 0.2) is 17.3 Å². The van der Waals surface area contributed by atoms with Crippen molar-refractivity contribution in [2.45, 2.75) is 6.92 Å². The largest absolute Gasteiger partial charge is 0.326 e. The number of fused-ring (bicyclic) bond motifs is 1. The van der Waals surface area contributed by atoms with Crippen molar-refractivity contribution in [3.05, 3.63) is 48.4 Å². The zero-order valence-electron chi connectivity index (χ0n) is 11.4. The first-order valence-corrected chi connectivity index (χ1v) is 6.30. The van der Waals surface area contributed by atoms with Crippen LogP contribution in [0.2, 0.25) is 0 Å². The van der Waals surface area contributed by atoms with E-state index in [0.717, 1.165) is 17.2 Å². The molecule has 0 saturated carbocycles. The van der Waals surface area contributed by atoms with Crippen molar-refractivity contribution in [2.24, 2.45) is 5.84 Å². The lowest BCUT2D eigenvalue weighted by molar-refractivity contribution is 1.05. The second kappa shape index (κ2) is 4.82. The minimum absolute atomic E-state index is 0.589. The van der Waals surface area contributed by atoms with Crippen LogP contribution in [0.25, 0.3) is 5.65 Å². The highest BCUT2D eigenvalue weighted by atomic mass is 15.3. The molecule has 3 rings (SSSR count). The molecule has 6 nitrogen and oxygen atoms in total. The van der Waals surface area contributed by atoms with Crippen LogP contribution in [0.3, 0.4) is 0 Å². The van der Waals surface area contributed by atoms with E-state index in [2.05, 4.69) is 34.5 Å². The van der Waals surface area contributed by atoms with Crippen molar-refractivity contribution in [1.82, 2.24) is 14.4 Å². The van der Waals surface area contributed by atoms with Crippen LogP contribution in [0.5, 0.6) is 0 Å². The third-order valence-corrected chi connectivity index (χ3v) is 3.30. The van der Waals surface area contributed by atoms with Crippen molar-refractivity contribution in [2.75, 3.05) is 17.4 Å². The number of imidazole rings is 1. The van der Waals surface area contributed by atoms with E-state index in [1.165, 1.54) is 5.56 Å². The number of aryl methyl sites for hydroxylation is 1. The van der Waals surface area contributed by atoms with Crippen LogP contribution in [0.1, 0.15) is 5.56 Å². The number of hydrogen-bond acceptors (Lipinski definition) is 5. The molecule has 3 aromatic rings. The Kier molecular flexibility index (Phi) is 3.00. The lowest BCUT2D eigenvalue weighted by atomic mass is 10.2. The molecule has 6 heteroatoms. The summed E-state index contributed by atoms with van der Waals surface area (Å²) in [6, 6.07) is 8.15. The van der Waals surface area contributed by atoms with E-state index < -0.39 is 0 Å². The highest BCUT2D eigenvalue weighted by molar-refractivity contribution is 5.74. The standard InChI is InChI=1S/C14H16N6/c1-10-5-3-4-6-11(10)19(2)14-13-16-7-8-20(13)9-12(17-14)18-15/h3-9,18H,15H2,1-2H3. The van der Waals surface area contributed by atoms with Gasteiger partial charge >= 0.3 is 0 Å². The van der Waals surface area contributed by atoms with Crippen molar-refractivity contribution in [1.29, 1.82) is 0 Å². The minimum Gasteiger partial charge on any atom is -0.326 e. The van der Waals surface area contributed by atoms with Crippen LogP contribution < -0.4 is 16.2 Å². The number of nitrogens with zero attached hydrogens (tertiary/aromatic N) is 4. The van der Waals surface area contributed by atoms with Gasteiger partial charge in [-0.2, -0.15) is 0 Å². The van der Waals surface area contributed by atoms with E-state index in [0.29, 0.717) is 5.82 Å². The molecule has 0 unspecified atom stereocenters. The first kappa shape index (κ1) is 12.4. The number of aromatic nitrogens is 3. The molecule has 0 spiro atoms. The summed E-state index contributed by atoms with van der Waals surface area (Å²) in [5, 5.41) is 0. The Morgan fingerprint density at radius 1 is 1.30 bits per heavy atom. The van der Waals surface area contributed by atoms with Crippen molar-refractivity contribution >= 4 is 23.0 Å². The number of hydrazine groups is 1. The van der Waals surface area contributed by atoms with Gasteiger partial charge in [-0.05, 0) is 18.6 Å². The molecular formula is C14H16N6. The van der Waals surface area contributed by atoms with E-state index in [1.807, 2.05) is 34.7 Å². The number of nitrogen functional groups attached to an aromatic ring is 1. The fourth-order valence-electron chi connectivity index (χ4n) is 2.26. The van der Waals surface area contributed by atoms with Crippen LogP contribution in [0.4, 0.5) is 17.3 Å². The maximum atomic E-state index is 5.48. The van der Waals surface area contributed by atoms with Crippen LogP contribution in [-0.4, -0.2) is 21.4 Å². The first-order valence-electron chi connectivity index (χ1n) is 6.30. The molecule has 0 fully saturated rings. The van der Waals surface area contributed by atoms with Crippen LogP contribution in [-0.2, 0) is 0 Å². The predicted octanol–water partition coefficient (Wildman–Crippen LogP) is 2.09. The first-order chi connectivity index (χ1) is 9.70. The molecule has 3 N–H and O–H groups in total. The van der Waals surface area contributed by atoms with E-state index in [1.54, 1.807) is 12.4 Å². The summed E-state index contributed by atoms with van der Waals surface area (Å²) in [6.45, 7) is 2.07. The fraction of sp³-hybridized carbons (Fsp3) is 0.143. The molecule has 102 valence electrons. The van der Waals surface area contributed by atoms with Gasteiger partial charge in [0.2, 0.25) is 0 Å². The number of hydrogen-bond donors (Lipinski definition) is 2. The molecule has 0 aliphatic heterocycles. The lowest BCUT2D eigenvalue weighted by Crippen LogP contribution is -2.17. The topological polar surface area (TPSA) is 71.5 Å². The third-order valence-electron chi connectivity index (χ3n) is 3.30. The van der Waals surface area contributed by atoms with Crippen LogP contribution >= 0.6 is 0 Å². The van der Waals surface area contributed by atoms with E-state index in [4.69, 9.17) is 5.84 Å².